The highest BCUT2D eigenvalue weighted by atomic mass is 16.8. The molecule has 7 atom stereocenters. The van der Waals surface area contributed by atoms with Gasteiger partial charge >= 0.3 is 17.8 Å². The fourth-order valence-corrected chi connectivity index (χ4v) is 9.82. The van der Waals surface area contributed by atoms with Gasteiger partial charge in [0, 0.05) is 55.5 Å². The third-order valence-corrected chi connectivity index (χ3v) is 12.2. The first-order valence-corrected chi connectivity index (χ1v) is 19.0. The number of amides is 3. The summed E-state index contributed by atoms with van der Waals surface area (Å²) < 4.78 is 18.5. The molecule has 13 heteroatoms. The van der Waals surface area contributed by atoms with E-state index in [9.17, 15) is 19.2 Å². The Kier molecular flexibility index (Phi) is 8.35. The molecule has 4 saturated heterocycles. The summed E-state index contributed by atoms with van der Waals surface area (Å²) in [5, 5.41) is 4.18. The third kappa shape index (κ3) is 5.62. The van der Waals surface area contributed by atoms with Crippen molar-refractivity contribution in [2.45, 2.75) is 81.6 Å². The molecular formula is C42H43N5O8. The number of nitrogens with zero attached hydrogens (tertiary/aromatic N) is 3. The Morgan fingerprint density at radius 1 is 1.02 bits per heavy atom. The van der Waals surface area contributed by atoms with Crippen LogP contribution in [0.1, 0.15) is 66.1 Å². The van der Waals surface area contributed by atoms with Gasteiger partial charge < -0.3 is 29.6 Å². The predicted molar refractivity (Wildman–Crippen MR) is 198 cm³/mol. The van der Waals surface area contributed by atoms with Crippen LogP contribution >= 0.6 is 0 Å². The van der Waals surface area contributed by atoms with Crippen LogP contribution in [0.25, 0.3) is 10.9 Å². The van der Waals surface area contributed by atoms with E-state index in [0.717, 1.165) is 17.5 Å². The molecule has 9 rings (SSSR count). The number of benzene rings is 3. The molecule has 5 aliphatic rings. The number of para-hydroxylation sites is 1. The van der Waals surface area contributed by atoms with Gasteiger partial charge in [0.05, 0.1) is 5.92 Å². The van der Waals surface area contributed by atoms with Crippen LogP contribution < -0.4 is 10.1 Å². The Morgan fingerprint density at radius 2 is 1.80 bits per heavy atom. The maximum atomic E-state index is 15.0. The lowest BCUT2D eigenvalue weighted by Gasteiger charge is -2.50. The van der Waals surface area contributed by atoms with Gasteiger partial charge in [-0.15, -0.1) is 0 Å². The average molecular weight is 746 g/mol. The number of esters is 2. The van der Waals surface area contributed by atoms with Crippen molar-refractivity contribution in [3.05, 3.63) is 101 Å². The van der Waals surface area contributed by atoms with Crippen LogP contribution in [0.5, 0.6) is 5.75 Å². The van der Waals surface area contributed by atoms with E-state index in [4.69, 9.17) is 14.2 Å². The molecule has 3 amide bonds. The van der Waals surface area contributed by atoms with Crippen molar-refractivity contribution < 1.29 is 38.2 Å². The molecule has 5 heterocycles. The summed E-state index contributed by atoms with van der Waals surface area (Å²) in [5.74, 6) is -5.44. The summed E-state index contributed by atoms with van der Waals surface area (Å²) in [4.78, 5) is 78.6. The fraction of sp³-hybridized carbons (Fsp3) is 0.405. The number of likely N-dealkylation sites (tertiary alicyclic amines) is 1. The molecule has 4 fully saturated rings. The number of ether oxygens (including phenoxy) is 3. The number of piperazine rings is 1. The zero-order valence-corrected chi connectivity index (χ0v) is 30.9. The van der Waals surface area contributed by atoms with Crippen molar-refractivity contribution in [1.29, 1.82) is 0 Å². The molecule has 0 saturated carbocycles. The largest absolute Gasteiger partial charge is 0.426 e. The third-order valence-electron chi connectivity index (χ3n) is 12.2. The SMILES string of the molecule is CC(=O)Oc1ccccc1C(=O)O[C@@]12O[C@@](C)(NC(=O)[C@@H]3CC4c5cccc6[nH]cc(c56)C[C@H]4N(C)C3)C(=O)N1[C@@H](Cc1ccccc1)C(=O)N1CCC[C@H]12. The second kappa shape index (κ2) is 13.1. The van der Waals surface area contributed by atoms with E-state index in [1.807, 2.05) is 43.4 Å². The van der Waals surface area contributed by atoms with Crippen LogP contribution in [-0.2, 0) is 41.5 Å². The quantitative estimate of drug-likeness (QED) is 0.212. The molecule has 4 aliphatic heterocycles. The van der Waals surface area contributed by atoms with E-state index < -0.39 is 47.5 Å². The topological polar surface area (TPSA) is 151 Å². The zero-order chi connectivity index (χ0) is 38.2. The van der Waals surface area contributed by atoms with Gasteiger partial charge in [-0.3, -0.25) is 28.8 Å². The smallest absolute Gasteiger partial charge is 0.345 e. The number of hydrogen-bond donors (Lipinski definition) is 2. The van der Waals surface area contributed by atoms with Crippen molar-refractivity contribution in [2.24, 2.45) is 5.92 Å². The number of rotatable bonds is 7. The summed E-state index contributed by atoms with van der Waals surface area (Å²) in [6.45, 7) is 3.54. The molecule has 0 radical (unpaired) electrons. The van der Waals surface area contributed by atoms with Crippen molar-refractivity contribution in [1.82, 2.24) is 25.0 Å². The molecule has 55 heavy (non-hydrogen) atoms. The van der Waals surface area contributed by atoms with Gasteiger partial charge in [-0.25, -0.2) is 4.79 Å². The average Bonchev–Trinajstić information content (AvgIpc) is 3.88. The number of carbonyl (C=O) groups is 5. The maximum absolute atomic E-state index is 15.0. The normalized spacial score (nSPS) is 29.8. The Bertz CT molecular complexity index is 2240. The number of nitrogens with one attached hydrogen (secondary N) is 2. The van der Waals surface area contributed by atoms with Crippen molar-refractivity contribution in [2.75, 3.05) is 20.1 Å². The van der Waals surface area contributed by atoms with Crippen molar-refractivity contribution in [3.8, 4) is 5.75 Å². The summed E-state index contributed by atoms with van der Waals surface area (Å²) in [6.07, 6.45) is 4.59. The van der Waals surface area contributed by atoms with Crippen LogP contribution in [0.4, 0.5) is 0 Å². The molecule has 13 nitrogen and oxygen atoms in total. The number of fused-ring (bicyclic) bond motifs is 5. The molecule has 4 aromatic rings. The number of piperidine rings is 1. The van der Waals surface area contributed by atoms with Gasteiger partial charge in [-0.05, 0) is 74.5 Å². The second-order valence-corrected chi connectivity index (χ2v) is 15.6. The van der Waals surface area contributed by atoms with Crippen LogP contribution in [0.3, 0.4) is 0 Å². The van der Waals surface area contributed by atoms with Crippen molar-refractivity contribution in [3.63, 3.8) is 0 Å². The molecule has 0 spiro atoms. The number of likely N-dealkylation sites (N-methyl/N-ethyl adjacent to an activating group) is 1. The maximum Gasteiger partial charge on any atom is 0.345 e. The molecule has 284 valence electrons. The second-order valence-electron chi connectivity index (χ2n) is 15.6. The number of aromatic amines is 1. The molecule has 1 aliphatic carbocycles. The molecule has 0 bridgehead atoms. The van der Waals surface area contributed by atoms with Gasteiger partial charge in [0.15, 0.2) is 0 Å². The minimum Gasteiger partial charge on any atom is -0.426 e. The number of H-pyrrole nitrogens is 1. The summed E-state index contributed by atoms with van der Waals surface area (Å²) in [5.41, 5.74) is 2.27. The zero-order valence-electron chi connectivity index (χ0n) is 30.9. The van der Waals surface area contributed by atoms with E-state index >= 15 is 4.79 Å². The number of carbonyl (C=O) groups excluding carboxylic acids is 5. The fourth-order valence-electron chi connectivity index (χ4n) is 9.82. The van der Waals surface area contributed by atoms with Crippen LogP contribution in [0, 0.1) is 5.92 Å². The van der Waals surface area contributed by atoms with E-state index in [1.54, 1.807) is 17.0 Å². The number of hydrogen-bond acceptors (Lipinski definition) is 9. The monoisotopic (exact) mass is 745 g/mol. The Balaban J connectivity index is 1.07. The highest BCUT2D eigenvalue weighted by molar-refractivity contribution is 5.99. The first-order valence-electron chi connectivity index (χ1n) is 19.0. The van der Waals surface area contributed by atoms with E-state index in [2.05, 4.69) is 33.5 Å². The Hall–Kier alpha value is -5.53. The van der Waals surface area contributed by atoms with Crippen LogP contribution in [0.2, 0.25) is 0 Å². The van der Waals surface area contributed by atoms with E-state index in [0.29, 0.717) is 32.4 Å². The molecule has 3 aromatic carbocycles. The lowest BCUT2D eigenvalue weighted by atomic mass is 9.72. The highest BCUT2D eigenvalue weighted by Crippen LogP contribution is 2.49. The van der Waals surface area contributed by atoms with Crippen molar-refractivity contribution >= 4 is 40.6 Å². The Labute approximate surface area is 317 Å². The first-order chi connectivity index (χ1) is 26.5. The minimum atomic E-state index is -2.11. The lowest BCUT2D eigenvalue weighted by Crippen LogP contribution is -2.72. The standard InChI is InChI=1S/C42H43N5O8/c1-24(48)53-34-16-8-7-13-29(34)39(51)54-42-35-17-10-18-46(35)38(50)33(19-25-11-5-4-6-12-25)47(42)40(52)41(2,55-42)44-37(49)27-20-30-28-14-9-15-31-36(28)26(22-43-31)21-32(30)45(3)23-27/h4-9,11-16,22,27,30,32-33,35,43H,10,17-21,23H2,1-3H3,(H,44,49)/t27-,30?,32-,33+,35+,41-,42+/m1/s1. The molecule has 2 N–H and O–H groups in total. The van der Waals surface area contributed by atoms with E-state index in [1.165, 1.54) is 47.4 Å². The summed E-state index contributed by atoms with van der Waals surface area (Å²) in [6, 6.07) is 19.9. The summed E-state index contributed by atoms with van der Waals surface area (Å²) >= 11 is 0. The lowest BCUT2D eigenvalue weighted by molar-refractivity contribution is -0.312. The minimum absolute atomic E-state index is 0.0239. The van der Waals surface area contributed by atoms with Gasteiger partial charge in [-0.2, -0.15) is 0 Å². The molecular weight excluding hydrogens is 702 g/mol. The highest BCUT2D eigenvalue weighted by Gasteiger charge is 2.73. The molecule has 1 aromatic heterocycles. The van der Waals surface area contributed by atoms with Crippen LogP contribution in [-0.4, -0.2) is 99.2 Å². The van der Waals surface area contributed by atoms with E-state index in [-0.39, 0.29) is 41.5 Å². The summed E-state index contributed by atoms with van der Waals surface area (Å²) in [7, 11) is 2.03. The van der Waals surface area contributed by atoms with Crippen LogP contribution in [0.15, 0.2) is 79.0 Å². The van der Waals surface area contributed by atoms with Gasteiger partial charge in [0.25, 0.3) is 5.91 Å². The predicted octanol–water partition coefficient (Wildman–Crippen LogP) is 3.87. The molecule has 1 unspecified atom stereocenters. The Morgan fingerprint density at radius 3 is 2.60 bits per heavy atom. The van der Waals surface area contributed by atoms with Gasteiger partial charge in [0.1, 0.15) is 23.4 Å². The van der Waals surface area contributed by atoms with Gasteiger partial charge in [-0.1, -0.05) is 54.6 Å². The first kappa shape index (κ1) is 35.2. The van der Waals surface area contributed by atoms with Gasteiger partial charge in [0.2, 0.25) is 17.5 Å². The number of aromatic nitrogens is 1.